The predicted molar refractivity (Wildman–Crippen MR) is 94.8 cm³/mol. The average molecular weight is 383 g/mol. The second kappa shape index (κ2) is 7.91. The molecule has 1 saturated heterocycles. The van der Waals surface area contributed by atoms with Crippen molar-refractivity contribution in [1.82, 2.24) is 9.88 Å². The second-order valence-corrected chi connectivity index (χ2v) is 7.15. The molecular formula is C14H21N7O4S. The van der Waals surface area contributed by atoms with Gasteiger partial charge in [-0.3, -0.25) is 14.2 Å². The van der Waals surface area contributed by atoms with Crippen LogP contribution in [0.3, 0.4) is 0 Å². The van der Waals surface area contributed by atoms with Gasteiger partial charge in [0.25, 0.3) is 5.91 Å². The molecule has 12 heteroatoms. The minimum Gasteiger partial charge on any atom is -0.352 e. The topological polar surface area (TPSA) is 153 Å². The molecule has 0 saturated carbocycles. The van der Waals surface area contributed by atoms with Crippen molar-refractivity contribution < 1.29 is 9.53 Å². The highest BCUT2D eigenvalue weighted by atomic mass is 32.1. The first kappa shape index (κ1) is 18.5. The summed E-state index contributed by atoms with van der Waals surface area (Å²) in [7, 11) is 0. The number of fused-ring (bicyclic) bond motifs is 1. The monoisotopic (exact) mass is 383 g/mol. The molecule has 1 aromatic rings. The molecular weight excluding hydrogens is 362 g/mol. The summed E-state index contributed by atoms with van der Waals surface area (Å²) in [6.07, 6.45) is 1.95. The van der Waals surface area contributed by atoms with E-state index in [9.17, 15) is 14.5 Å². The SMILES string of the molecule is CCCCC(N=O)[C@@H]1CC[C@H](n2c3c(sc2=O)C(=O)NC(N=NN)N3)O1. The van der Waals surface area contributed by atoms with Gasteiger partial charge >= 0.3 is 4.87 Å². The predicted octanol–water partition coefficient (Wildman–Crippen LogP) is 1.68. The Morgan fingerprint density at radius 2 is 2.19 bits per heavy atom. The number of ether oxygens (including phenoxy) is 1. The number of nitrogens with zero attached hydrogens (tertiary/aromatic N) is 4. The number of hydrogen-bond acceptors (Lipinski definition) is 9. The van der Waals surface area contributed by atoms with Gasteiger partial charge < -0.3 is 21.2 Å². The van der Waals surface area contributed by atoms with Gasteiger partial charge in [-0.15, -0.1) is 5.11 Å². The lowest BCUT2D eigenvalue weighted by Crippen LogP contribution is -2.44. The number of carbonyl (C=O) groups excluding carboxylic acids is 1. The van der Waals surface area contributed by atoms with E-state index in [1.165, 1.54) is 4.57 Å². The first-order chi connectivity index (χ1) is 12.6. The van der Waals surface area contributed by atoms with E-state index in [-0.39, 0.29) is 15.9 Å². The third-order valence-corrected chi connectivity index (χ3v) is 5.46. The zero-order chi connectivity index (χ0) is 18.7. The molecule has 3 heterocycles. The molecule has 2 aliphatic heterocycles. The van der Waals surface area contributed by atoms with Crippen molar-refractivity contribution in [1.29, 1.82) is 0 Å². The molecule has 0 bridgehead atoms. The van der Waals surface area contributed by atoms with Crippen LogP contribution in [0.2, 0.25) is 0 Å². The van der Waals surface area contributed by atoms with Gasteiger partial charge in [0.05, 0.1) is 6.10 Å². The minimum atomic E-state index is -0.855. The first-order valence-electron chi connectivity index (χ1n) is 8.49. The zero-order valence-corrected chi connectivity index (χ0v) is 15.1. The zero-order valence-electron chi connectivity index (χ0n) is 14.3. The van der Waals surface area contributed by atoms with Crippen LogP contribution in [0.1, 0.15) is 54.9 Å². The molecule has 0 spiro atoms. The van der Waals surface area contributed by atoms with Gasteiger partial charge in [-0.05, 0) is 19.3 Å². The minimum absolute atomic E-state index is 0.251. The van der Waals surface area contributed by atoms with Crippen LogP contribution in [0.4, 0.5) is 5.82 Å². The van der Waals surface area contributed by atoms with Gasteiger partial charge in [0.1, 0.15) is 23.0 Å². The number of nitrogens with two attached hydrogens (primary N) is 1. The maximum atomic E-state index is 12.4. The lowest BCUT2D eigenvalue weighted by atomic mass is 10.0. The fraction of sp³-hybridized carbons (Fsp3) is 0.714. The normalized spacial score (nSPS) is 26.3. The van der Waals surface area contributed by atoms with Crippen LogP contribution in [-0.2, 0) is 4.74 Å². The highest BCUT2D eigenvalue weighted by Gasteiger charge is 2.38. The summed E-state index contributed by atoms with van der Waals surface area (Å²) in [6, 6.07) is -0.430. The van der Waals surface area contributed by atoms with Gasteiger partial charge in [-0.2, -0.15) is 4.91 Å². The molecule has 11 nitrogen and oxygen atoms in total. The molecule has 1 amide bonds. The Hall–Kier alpha value is -2.34. The van der Waals surface area contributed by atoms with Crippen LogP contribution in [0.15, 0.2) is 20.3 Å². The molecule has 26 heavy (non-hydrogen) atoms. The summed E-state index contributed by atoms with van der Waals surface area (Å²) in [5.74, 6) is 4.93. The lowest BCUT2D eigenvalue weighted by molar-refractivity contribution is -0.0104. The van der Waals surface area contributed by atoms with Crippen LogP contribution in [0.5, 0.6) is 0 Å². The molecule has 0 radical (unpaired) electrons. The van der Waals surface area contributed by atoms with E-state index in [2.05, 4.69) is 26.1 Å². The maximum Gasteiger partial charge on any atom is 0.311 e. The van der Waals surface area contributed by atoms with E-state index >= 15 is 0 Å². The lowest BCUT2D eigenvalue weighted by Gasteiger charge is -2.24. The Labute approximate surface area is 152 Å². The molecule has 3 rings (SSSR count). The fourth-order valence-corrected chi connectivity index (χ4v) is 4.14. The van der Waals surface area contributed by atoms with E-state index in [4.69, 9.17) is 10.6 Å². The average Bonchev–Trinajstić information content (AvgIpc) is 3.20. The summed E-state index contributed by atoms with van der Waals surface area (Å²) in [6.45, 7) is 2.04. The highest BCUT2D eigenvalue weighted by Crippen LogP contribution is 2.36. The molecule has 1 aromatic heterocycles. The number of carbonyl (C=O) groups is 1. The van der Waals surface area contributed by atoms with Gasteiger partial charge in [0.15, 0.2) is 0 Å². The molecule has 2 aliphatic rings. The number of amides is 1. The summed E-state index contributed by atoms with van der Waals surface area (Å²) in [5, 5.41) is 15.5. The first-order valence-corrected chi connectivity index (χ1v) is 9.31. The Bertz CT molecular complexity index is 761. The van der Waals surface area contributed by atoms with Gasteiger partial charge in [-0.25, -0.2) is 0 Å². The molecule has 0 aliphatic carbocycles. The summed E-state index contributed by atoms with van der Waals surface area (Å²) in [4.78, 5) is 35.7. The van der Waals surface area contributed by atoms with E-state index in [0.29, 0.717) is 25.1 Å². The number of aromatic nitrogens is 1. The number of rotatable bonds is 7. The van der Waals surface area contributed by atoms with Crippen molar-refractivity contribution in [2.24, 2.45) is 21.4 Å². The maximum absolute atomic E-state index is 12.4. The Balaban J connectivity index is 1.82. The smallest absolute Gasteiger partial charge is 0.311 e. The number of anilines is 1. The van der Waals surface area contributed by atoms with Crippen LogP contribution in [0.25, 0.3) is 0 Å². The molecule has 0 aromatic carbocycles. The fourth-order valence-electron chi connectivity index (χ4n) is 3.25. The van der Waals surface area contributed by atoms with Gasteiger partial charge in [-0.1, -0.05) is 41.5 Å². The van der Waals surface area contributed by atoms with Crippen LogP contribution < -0.4 is 21.3 Å². The quantitative estimate of drug-likeness (QED) is 0.282. The van der Waals surface area contributed by atoms with Crippen molar-refractivity contribution in [3.63, 3.8) is 0 Å². The van der Waals surface area contributed by atoms with Crippen LogP contribution in [-0.4, -0.2) is 28.9 Å². The number of thiazole rings is 1. The summed E-state index contributed by atoms with van der Waals surface area (Å²) in [5.41, 5.74) is 0. The van der Waals surface area contributed by atoms with Gasteiger partial charge in [0.2, 0.25) is 6.29 Å². The number of unbranched alkanes of at least 4 members (excludes halogenated alkanes) is 1. The Morgan fingerprint density at radius 1 is 1.38 bits per heavy atom. The molecule has 1 fully saturated rings. The molecule has 4 atom stereocenters. The highest BCUT2D eigenvalue weighted by molar-refractivity contribution is 7.12. The van der Waals surface area contributed by atoms with Crippen molar-refractivity contribution in [3.8, 4) is 0 Å². The van der Waals surface area contributed by atoms with Crippen molar-refractivity contribution in [2.75, 3.05) is 5.32 Å². The van der Waals surface area contributed by atoms with Crippen molar-refractivity contribution in [2.45, 2.75) is 63.7 Å². The van der Waals surface area contributed by atoms with Crippen molar-refractivity contribution in [3.05, 3.63) is 19.5 Å². The van der Waals surface area contributed by atoms with Crippen LogP contribution >= 0.6 is 11.3 Å². The van der Waals surface area contributed by atoms with Gasteiger partial charge in [0, 0.05) is 0 Å². The van der Waals surface area contributed by atoms with E-state index in [1.807, 2.05) is 6.92 Å². The molecule has 2 unspecified atom stereocenters. The Morgan fingerprint density at radius 3 is 2.88 bits per heavy atom. The standard InChI is InChI=1S/C14H21N7O4S/c1-2-3-4-7(19-24)8-5-6-9(25-8)21-11-10(26-14(21)23)12(22)17-13(16-11)18-20-15/h7-9,13,16H,2-6H2,1H3,(H2,15,18)(H,17,22)/t7?,8-,9+,13?/m0/s1. The molecule has 4 N–H and O–H groups in total. The van der Waals surface area contributed by atoms with Crippen molar-refractivity contribution >= 4 is 23.1 Å². The third kappa shape index (κ3) is 3.46. The van der Waals surface area contributed by atoms with Crippen LogP contribution in [0, 0.1) is 4.91 Å². The number of nitroso groups, excluding NO2 is 1. The number of nitrogens with one attached hydrogen (secondary N) is 2. The van der Waals surface area contributed by atoms with E-state index < -0.39 is 24.5 Å². The van der Waals surface area contributed by atoms with E-state index in [0.717, 1.165) is 24.2 Å². The third-order valence-electron chi connectivity index (χ3n) is 4.51. The molecule has 142 valence electrons. The largest absolute Gasteiger partial charge is 0.352 e. The Kier molecular flexibility index (Phi) is 5.61. The summed E-state index contributed by atoms with van der Waals surface area (Å²) < 4.78 is 7.36. The number of hydrogen-bond donors (Lipinski definition) is 3. The summed E-state index contributed by atoms with van der Waals surface area (Å²) >= 11 is 0.825. The van der Waals surface area contributed by atoms with E-state index in [1.54, 1.807) is 0 Å². The second-order valence-electron chi connectivity index (χ2n) is 6.19.